The van der Waals surface area contributed by atoms with E-state index in [1.54, 1.807) is 23.6 Å². The van der Waals surface area contributed by atoms with Crippen LogP contribution < -0.4 is 0 Å². The number of hydrogen-bond donors (Lipinski definition) is 0. The number of hydrogen-bond acceptors (Lipinski definition) is 5. The van der Waals surface area contributed by atoms with Crippen LogP contribution in [0.2, 0.25) is 0 Å². The van der Waals surface area contributed by atoms with Crippen LogP contribution in [0.3, 0.4) is 0 Å². The molecule has 1 aliphatic heterocycles. The highest BCUT2D eigenvalue weighted by molar-refractivity contribution is 7.18. The fourth-order valence-electron chi connectivity index (χ4n) is 3.12. The molecule has 0 spiro atoms. The van der Waals surface area contributed by atoms with Crippen molar-refractivity contribution in [2.24, 2.45) is 0 Å². The average Bonchev–Trinajstić information content (AvgIpc) is 3.01. The standard InChI is InChI=1S/C19H20N4OS/c1-13-21-17-11-14(3-4-18(17)25-13)16-12-15(5-6-20-16)19(24)23-9-7-22(2)8-10-23/h3-6,11-12H,7-10H2,1-2H3. The van der Waals surface area contributed by atoms with Gasteiger partial charge in [-0.1, -0.05) is 6.07 Å². The highest BCUT2D eigenvalue weighted by Crippen LogP contribution is 2.27. The lowest BCUT2D eigenvalue weighted by Gasteiger charge is -2.32. The molecule has 0 unspecified atom stereocenters. The van der Waals surface area contributed by atoms with Crippen LogP contribution in [0.25, 0.3) is 21.5 Å². The number of piperazine rings is 1. The Labute approximate surface area is 150 Å². The van der Waals surface area contributed by atoms with Crippen molar-refractivity contribution in [1.82, 2.24) is 19.8 Å². The number of carbonyl (C=O) groups is 1. The van der Waals surface area contributed by atoms with E-state index in [0.29, 0.717) is 5.56 Å². The third-order valence-corrected chi connectivity index (χ3v) is 5.54. The second-order valence-electron chi connectivity index (χ2n) is 6.44. The fraction of sp³-hybridized carbons (Fsp3) is 0.316. The molecule has 3 heterocycles. The van der Waals surface area contributed by atoms with E-state index < -0.39 is 0 Å². The number of thiazole rings is 1. The van der Waals surface area contributed by atoms with Crippen molar-refractivity contribution in [3.05, 3.63) is 47.1 Å². The molecule has 2 aromatic heterocycles. The van der Waals surface area contributed by atoms with E-state index in [0.717, 1.165) is 48.0 Å². The van der Waals surface area contributed by atoms with Crippen molar-refractivity contribution in [2.45, 2.75) is 6.92 Å². The largest absolute Gasteiger partial charge is 0.336 e. The Bertz CT molecular complexity index is 928. The number of carbonyl (C=O) groups excluding carboxylic acids is 1. The van der Waals surface area contributed by atoms with Gasteiger partial charge in [0.15, 0.2) is 0 Å². The maximum atomic E-state index is 12.8. The second-order valence-corrected chi connectivity index (χ2v) is 7.68. The van der Waals surface area contributed by atoms with E-state index in [1.165, 1.54) is 4.70 Å². The van der Waals surface area contributed by atoms with E-state index in [2.05, 4.69) is 28.0 Å². The number of benzene rings is 1. The molecule has 128 valence electrons. The van der Waals surface area contributed by atoms with Gasteiger partial charge in [0.05, 0.1) is 20.9 Å². The summed E-state index contributed by atoms with van der Waals surface area (Å²) in [6.07, 6.45) is 1.72. The van der Waals surface area contributed by atoms with Gasteiger partial charge in [0, 0.05) is 43.5 Å². The van der Waals surface area contributed by atoms with E-state index in [9.17, 15) is 4.79 Å². The van der Waals surface area contributed by atoms with Gasteiger partial charge >= 0.3 is 0 Å². The molecule has 3 aromatic rings. The van der Waals surface area contributed by atoms with Crippen molar-refractivity contribution < 1.29 is 4.79 Å². The number of pyridine rings is 1. The van der Waals surface area contributed by atoms with Crippen LogP contribution in [-0.2, 0) is 0 Å². The van der Waals surface area contributed by atoms with Crippen LogP contribution in [0.5, 0.6) is 0 Å². The summed E-state index contributed by atoms with van der Waals surface area (Å²) < 4.78 is 1.17. The molecule has 25 heavy (non-hydrogen) atoms. The van der Waals surface area contributed by atoms with Gasteiger partial charge in [-0.15, -0.1) is 11.3 Å². The summed E-state index contributed by atoms with van der Waals surface area (Å²) >= 11 is 1.69. The molecule has 6 heteroatoms. The van der Waals surface area contributed by atoms with E-state index in [4.69, 9.17) is 0 Å². The predicted molar refractivity (Wildman–Crippen MR) is 101 cm³/mol. The normalized spacial score (nSPS) is 15.7. The Morgan fingerprint density at radius 3 is 2.72 bits per heavy atom. The van der Waals surface area contributed by atoms with Gasteiger partial charge in [-0.05, 0) is 38.2 Å². The van der Waals surface area contributed by atoms with Crippen LogP contribution >= 0.6 is 11.3 Å². The molecule has 0 aliphatic carbocycles. The average molecular weight is 352 g/mol. The van der Waals surface area contributed by atoms with Crippen LogP contribution in [-0.4, -0.2) is 58.9 Å². The van der Waals surface area contributed by atoms with Crippen molar-refractivity contribution in [1.29, 1.82) is 0 Å². The number of amides is 1. The van der Waals surface area contributed by atoms with Crippen LogP contribution in [0, 0.1) is 6.92 Å². The van der Waals surface area contributed by atoms with E-state index in [-0.39, 0.29) is 5.91 Å². The summed E-state index contributed by atoms with van der Waals surface area (Å²) in [6, 6.07) is 9.86. The number of rotatable bonds is 2. The number of aromatic nitrogens is 2. The Morgan fingerprint density at radius 2 is 1.92 bits per heavy atom. The lowest BCUT2D eigenvalue weighted by Crippen LogP contribution is -2.47. The molecule has 0 saturated carbocycles. The van der Waals surface area contributed by atoms with Gasteiger partial charge in [-0.3, -0.25) is 9.78 Å². The summed E-state index contributed by atoms with van der Waals surface area (Å²) in [7, 11) is 2.09. The number of aryl methyl sites for hydroxylation is 1. The van der Waals surface area contributed by atoms with Gasteiger partial charge < -0.3 is 9.80 Å². The van der Waals surface area contributed by atoms with Crippen molar-refractivity contribution in [2.75, 3.05) is 33.2 Å². The van der Waals surface area contributed by atoms with Gasteiger partial charge in [0.2, 0.25) is 0 Å². The molecule has 0 atom stereocenters. The first-order chi connectivity index (χ1) is 12.1. The van der Waals surface area contributed by atoms with Gasteiger partial charge in [0.1, 0.15) is 0 Å². The first kappa shape index (κ1) is 16.2. The van der Waals surface area contributed by atoms with Crippen LogP contribution in [0.4, 0.5) is 0 Å². The van der Waals surface area contributed by atoms with Gasteiger partial charge in [0.25, 0.3) is 5.91 Å². The number of fused-ring (bicyclic) bond motifs is 1. The summed E-state index contributed by atoms with van der Waals surface area (Å²) in [5, 5.41) is 1.05. The zero-order valence-electron chi connectivity index (χ0n) is 14.4. The summed E-state index contributed by atoms with van der Waals surface area (Å²) in [5.74, 6) is 0.0855. The smallest absolute Gasteiger partial charge is 0.254 e. The molecular weight excluding hydrogens is 332 g/mol. The van der Waals surface area contributed by atoms with Gasteiger partial charge in [-0.25, -0.2) is 4.98 Å². The highest BCUT2D eigenvalue weighted by Gasteiger charge is 2.20. The van der Waals surface area contributed by atoms with Crippen LogP contribution in [0.15, 0.2) is 36.5 Å². The minimum Gasteiger partial charge on any atom is -0.336 e. The molecule has 0 radical (unpaired) electrons. The Balaban J connectivity index is 1.62. The van der Waals surface area contributed by atoms with Gasteiger partial charge in [-0.2, -0.15) is 0 Å². The topological polar surface area (TPSA) is 49.3 Å². The first-order valence-electron chi connectivity index (χ1n) is 8.41. The van der Waals surface area contributed by atoms with E-state index >= 15 is 0 Å². The van der Waals surface area contributed by atoms with E-state index in [1.807, 2.05) is 30.0 Å². The summed E-state index contributed by atoms with van der Waals surface area (Å²) in [6.45, 7) is 5.40. The van der Waals surface area contributed by atoms with Crippen molar-refractivity contribution >= 4 is 27.5 Å². The molecule has 1 aliphatic rings. The molecule has 5 nitrogen and oxygen atoms in total. The summed E-state index contributed by atoms with van der Waals surface area (Å²) in [5.41, 5.74) is 3.49. The minimum absolute atomic E-state index is 0.0855. The maximum Gasteiger partial charge on any atom is 0.254 e. The maximum absolute atomic E-state index is 12.8. The van der Waals surface area contributed by atoms with Crippen molar-refractivity contribution in [3.8, 4) is 11.3 Å². The molecule has 4 rings (SSSR count). The number of likely N-dealkylation sites (N-methyl/N-ethyl adjacent to an activating group) is 1. The third-order valence-electron chi connectivity index (χ3n) is 4.59. The second kappa shape index (κ2) is 6.54. The Morgan fingerprint density at radius 1 is 1.12 bits per heavy atom. The van der Waals surface area contributed by atoms with Crippen LogP contribution in [0.1, 0.15) is 15.4 Å². The molecule has 1 amide bonds. The fourth-order valence-corrected chi connectivity index (χ4v) is 3.92. The molecule has 1 fully saturated rings. The SMILES string of the molecule is Cc1nc2cc(-c3cc(C(=O)N4CCN(C)CC4)ccn3)ccc2s1. The first-order valence-corrected chi connectivity index (χ1v) is 9.23. The lowest BCUT2D eigenvalue weighted by atomic mass is 10.1. The summed E-state index contributed by atoms with van der Waals surface area (Å²) in [4.78, 5) is 25.9. The third kappa shape index (κ3) is 3.27. The zero-order chi connectivity index (χ0) is 17.4. The highest BCUT2D eigenvalue weighted by atomic mass is 32.1. The quantitative estimate of drug-likeness (QED) is 0.711. The molecule has 1 saturated heterocycles. The zero-order valence-corrected chi connectivity index (χ0v) is 15.2. The molecule has 0 N–H and O–H groups in total. The molecule has 1 aromatic carbocycles. The monoisotopic (exact) mass is 352 g/mol. The Hall–Kier alpha value is -2.31. The number of nitrogens with zero attached hydrogens (tertiary/aromatic N) is 4. The Kier molecular flexibility index (Phi) is 4.23. The predicted octanol–water partition coefficient (Wildman–Crippen LogP) is 3.05. The lowest BCUT2D eigenvalue weighted by molar-refractivity contribution is 0.0664. The molecule has 0 bridgehead atoms. The van der Waals surface area contributed by atoms with Crippen molar-refractivity contribution in [3.63, 3.8) is 0 Å². The minimum atomic E-state index is 0.0855. The molecular formula is C19H20N4OS.